The van der Waals surface area contributed by atoms with Crippen LogP contribution in [0.25, 0.3) is 0 Å². The molecule has 1 aromatic rings. The maximum atomic E-state index is 4.60. The van der Waals surface area contributed by atoms with Crippen molar-refractivity contribution in [3.05, 3.63) is 6.33 Å². The number of anilines is 1. The van der Waals surface area contributed by atoms with E-state index < -0.39 is 0 Å². The van der Waals surface area contributed by atoms with Crippen molar-refractivity contribution in [1.29, 1.82) is 0 Å². The predicted octanol–water partition coefficient (Wildman–Crippen LogP) is -0.0642. The van der Waals surface area contributed by atoms with Gasteiger partial charge in [-0.25, -0.2) is 0 Å². The van der Waals surface area contributed by atoms with Crippen molar-refractivity contribution in [3.63, 3.8) is 0 Å². The lowest BCUT2D eigenvalue weighted by Gasteiger charge is -2.01. The Morgan fingerprint density at radius 3 is 2.62 bits per heavy atom. The minimum atomic E-state index is 0.477. The molecule has 1 radical (unpaired) electrons. The zero-order valence-electron chi connectivity index (χ0n) is 4.75. The summed E-state index contributed by atoms with van der Waals surface area (Å²) in [5.41, 5.74) is 0. The normalized spacial score (nSPS) is 9.25. The molecule has 43 valence electrons. The van der Waals surface area contributed by atoms with Crippen molar-refractivity contribution >= 4 is 6.01 Å². The minimum Gasteiger partial charge on any atom is -0.331 e. The molecule has 0 aliphatic heterocycles. The van der Waals surface area contributed by atoms with Gasteiger partial charge in [-0.2, -0.15) is 4.98 Å². The molecule has 0 saturated carbocycles. The van der Waals surface area contributed by atoms with Crippen LogP contribution in [0.5, 0.6) is 0 Å². The number of hydrogen-bond acceptors (Lipinski definition) is 4. The Morgan fingerprint density at radius 1 is 1.62 bits per heavy atom. The van der Waals surface area contributed by atoms with Gasteiger partial charge in [0.1, 0.15) is 0 Å². The fourth-order valence-electron chi connectivity index (χ4n) is 0.326. The van der Waals surface area contributed by atoms with Gasteiger partial charge in [0.15, 0.2) is 0 Å². The van der Waals surface area contributed by atoms with Crippen LogP contribution in [0.4, 0.5) is 6.01 Å². The fraction of sp³-hybridized carbons (Fsp3) is 0.500. The minimum absolute atomic E-state index is 0.477. The van der Waals surface area contributed by atoms with Crippen molar-refractivity contribution in [2.75, 3.05) is 19.0 Å². The summed E-state index contributed by atoms with van der Waals surface area (Å²) in [6.07, 6.45) is 2.30. The smallest absolute Gasteiger partial charge is 0.323 e. The van der Waals surface area contributed by atoms with E-state index in [1.165, 1.54) is 0 Å². The first-order chi connectivity index (χ1) is 3.80. The van der Waals surface area contributed by atoms with Crippen LogP contribution in [0.2, 0.25) is 0 Å². The van der Waals surface area contributed by atoms with Gasteiger partial charge in [0.25, 0.3) is 0 Å². The molecule has 0 spiro atoms. The topological polar surface area (TPSA) is 42.2 Å². The van der Waals surface area contributed by atoms with Crippen molar-refractivity contribution in [1.82, 2.24) is 10.1 Å². The Labute approximate surface area is 47.1 Å². The predicted molar refractivity (Wildman–Crippen MR) is 27.5 cm³/mol. The monoisotopic (exact) mass is 112 g/mol. The molecule has 0 aliphatic carbocycles. The summed E-state index contributed by atoms with van der Waals surface area (Å²) in [4.78, 5) is 5.35. The molecule has 0 amide bonds. The summed E-state index contributed by atoms with van der Waals surface area (Å²) in [7, 11) is 3.64. The van der Waals surface area contributed by atoms with E-state index in [0.29, 0.717) is 6.01 Å². The standard InChI is InChI=1S/C4H6N3O/c1-7(2)4-5-3-6-8-4/h1-2H3. The second-order valence-corrected chi connectivity index (χ2v) is 1.57. The molecule has 4 heteroatoms. The molecular weight excluding hydrogens is 106 g/mol. The largest absolute Gasteiger partial charge is 0.331 e. The Hall–Kier alpha value is -1.06. The van der Waals surface area contributed by atoms with Crippen LogP contribution in [0.3, 0.4) is 0 Å². The lowest BCUT2D eigenvalue weighted by Crippen LogP contribution is -2.08. The maximum absolute atomic E-state index is 4.60. The van der Waals surface area contributed by atoms with Crippen LogP contribution >= 0.6 is 0 Å². The van der Waals surface area contributed by atoms with E-state index in [0.717, 1.165) is 0 Å². The second kappa shape index (κ2) is 1.81. The molecular formula is C4H6N3O. The van der Waals surface area contributed by atoms with E-state index in [1.807, 2.05) is 14.1 Å². The quantitative estimate of drug-likeness (QED) is 0.510. The average molecular weight is 112 g/mol. The average Bonchev–Trinajstić information content (AvgIpc) is 2.12. The Kier molecular flexibility index (Phi) is 1.15. The van der Waals surface area contributed by atoms with Gasteiger partial charge in [0, 0.05) is 14.1 Å². The van der Waals surface area contributed by atoms with Gasteiger partial charge in [-0.05, 0) is 0 Å². The SMILES string of the molecule is CN(C)c1n[c]no1. The highest BCUT2D eigenvalue weighted by atomic mass is 16.5. The summed E-state index contributed by atoms with van der Waals surface area (Å²) >= 11 is 0. The van der Waals surface area contributed by atoms with E-state index >= 15 is 0 Å². The first-order valence-corrected chi connectivity index (χ1v) is 2.18. The van der Waals surface area contributed by atoms with Gasteiger partial charge in [-0.3, -0.25) is 0 Å². The number of nitrogens with zero attached hydrogens (tertiary/aromatic N) is 3. The highest BCUT2D eigenvalue weighted by Gasteiger charge is 1.97. The summed E-state index contributed by atoms with van der Waals surface area (Å²) in [5, 5.41) is 3.29. The van der Waals surface area contributed by atoms with E-state index in [4.69, 9.17) is 0 Å². The molecule has 8 heavy (non-hydrogen) atoms. The molecule has 0 aliphatic rings. The fourth-order valence-corrected chi connectivity index (χ4v) is 0.326. The molecule has 1 heterocycles. The van der Waals surface area contributed by atoms with Gasteiger partial charge in [-0.1, -0.05) is 5.16 Å². The van der Waals surface area contributed by atoms with E-state index in [-0.39, 0.29) is 0 Å². The van der Waals surface area contributed by atoms with Crippen molar-refractivity contribution in [2.24, 2.45) is 0 Å². The number of rotatable bonds is 1. The molecule has 0 fully saturated rings. The molecule has 1 aromatic heterocycles. The summed E-state index contributed by atoms with van der Waals surface area (Å²) in [6, 6.07) is 0.477. The molecule has 4 nitrogen and oxygen atoms in total. The Balaban J connectivity index is 2.77. The molecule has 0 saturated heterocycles. The van der Waals surface area contributed by atoms with Gasteiger partial charge in [-0.15, -0.1) is 0 Å². The zero-order chi connectivity index (χ0) is 5.98. The molecule has 0 atom stereocenters. The third kappa shape index (κ3) is 0.776. The van der Waals surface area contributed by atoms with Gasteiger partial charge in [0.2, 0.25) is 6.33 Å². The van der Waals surface area contributed by atoms with Crippen molar-refractivity contribution < 1.29 is 4.52 Å². The first-order valence-electron chi connectivity index (χ1n) is 2.18. The highest BCUT2D eigenvalue weighted by Crippen LogP contribution is 1.99. The van der Waals surface area contributed by atoms with Crippen LogP contribution in [0.15, 0.2) is 4.52 Å². The van der Waals surface area contributed by atoms with Gasteiger partial charge in [0.05, 0.1) is 0 Å². The first kappa shape index (κ1) is 5.08. The molecule has 1 rings (SSSR count). The lowest BCUT2D eigenvalue weighted by atomic mass is 10.9. The van der Waals surface area contributed by atoms with Crippen molar-refractivity contribution in [2.45, 2.75) is 0 Å². The molecule has 0 aromatic carbocycles. The number of hydrogen-bond donors (Lipinski definition) is 0. The van der Waals surface area contributed by atoms with Crippen LogP contribution in [-0.4, -0.2) is 24.2 Å². The van der Waals surface area contributed by atoms with Crippen LogP contribution in [-0.2, 0) is 0 Å². The molecule has 0 unspecified atom stereocenters. The third-order valence-electron chi connectivity index (χ3n) is 0.696. The molecule has 0 bridgehead atoms. The summed E-state index contributed by atoms with van der Waals surface area (Å²) < 4.78 is 4.60. The van der Waals surface area contributed by atoms with Crippen molar-refractivity contribution in [3.8, 4) is 0 Å². The number of aromatic nitrogens is 2. The molecule has 0 N–H and O–H groups in total. The zero-order valence-corrected chi connectivity index (χ0v) is 4.75. The van der Waals surface area contributed by atoms with E-state index in [1.54, 1.807) is 4.90 Å². The van der Waals surface area contributed by atoms with Crippen LogP contribution < -0.4 is 4.90 Å². The van der Waals surface area contributed by atoms with E-state index in [2.05, 4.69) is 21.0 Å². The van der Waals surface area contributed by atoms with Gasteiger partial charge >= 0.3 is 6.01 Å². The lowest BCUT2D eigenvalue weighted by molar-refractivity contribution is 0.420. The van der Waals surface area contributed by atoms with Crippen LogP contribution in [0.1, 0.15) is 0 Å². The highest BCUT2D eigenvalue weighted by molar-refractivity contribution is 5.17. The summed E-state index contributed by atoms with van der Waals surface area (Å²) in [6.45, 7) is 0. The maximum Gasteiger partial charge on any atom is 0.323 e. The third-order valence-corrected chi connectivity index (χ3v) is 0.696. The second-order valence-electron chi connectivity index (χ2n) is 1.57. The Morgan fingerprint density at radius 2 is 2.38 bits per heavy atom. The van der Waals surface area contributed by atoms with E-state index in [9.17, 15) is 0 Å². The Bertz CT molecular complexity index is 146. The van der Waals surface area contributed by atoms with Crippen LogP contribution in [0, 0.1) is 6.33 Å². The van der Waals surface area contributed by atoms with Gasteiger partial charge < -0.3 is 9.42 Å². The summed E-state index contributed by atoms with van der Waals surface area (Å²) in [5.74, 6) is 0.